The van der Waals surface area contributed by atoms with Crippen molar-refractivity contribution < 1.29 is 4.79 Å². The minimum Gasteiger partial charge on any atom is -0.338 e. The van der Waals surface area contributed by atoms with Crippen molar-refractivity contribution in [2.75, 3.05) is 19.6 Å². The largest absolute Gasteiger partial charge is 0.338 e. The fraction of sp³-hybridized carbons (Fsp3) is 0.588. The number of carbonyl (C=O) groups excluding carboxylic acids is 1. The molecule has 0 radical (unpaired) electrons. The molecule has 2 rings (SSSR count). The van der Waals surface area contributed by atoms with Crippen LogP contribution in [0.2, 0.25) is 0 Å². The van der Waals surface area contributed by atoms with E-state index >= 15 is 0 Å². The van der Waals surface area contributed by atoms with Crippen LogP contribution >= 0.6 is 0 Å². The van der Waals surface area contributed by atoms with Gasteiger partial charge in [-0.25, -0.2) is 0 Å². The number of nitrogens with one attached hydrogen (secondary N) is 1. The Hall–Kier alpha value is -1.35. The summed E-state index contributed by atoms with van der Waals surface area (Å²) in [7, 11) is 0. The Morgan fingerprint density at radius 1 is 1.25 bits per heavy atom. The van der Waals surface area contributed by atoms with Crippen molar-refractivity contribution >= 4 is 5.91 Å². The molecule has 1 aliphatic rings. The van der Waals surface area contributed by atoms with Gasteiger partial charge in [-0.05, 0) is 36.9 Å². The second-order valence-corrected chi connectivity index (χ2v) is 5.58. The lowest BCUT2D eigenvalue weighted by Gasteiger charge is -2.28. The van der Waals surface area contributed by atoms with Gasteiger partial charge in [0.05, 0.1) is 6.42 Å². The van der Waals surface area contributed by atoms with Gasteiger partial charge in [0, 0.05) is 19.1 Å². The zero-order valence-electron chi connectivity index (χ0n) is 12.7. The lowest BCUT2D eigenvalue weighted by Crippen LogP contribution is -2.42. The molecule has 1 aromatic rings. The third-order valence-electron chi connectivity index (χ3n) is 4.05. The minimum atomic E-state index is 0.268. The van der Waals surface area contributed by atoms with Gasteiger partial charge in [0.1, 0.15) is 0 Å². The van der Waals surface area contributed by atoms with Crippen molar-refractivity contribution in [2.45, 2.75) is 45.6 Å². The van der Waals surface area contributed by atoms with Crippen molar-refractivity contribution in [3.05, 3.63) is 35.4 Å². The Morgan fingerprint density at radius 2 is 1.95 bits per heavy atom. The van der Waals surface area contributed by atoms with E-state index in [1.54, 1.807) is 0 Å². The Balaban J connectivity index is 1.99. The van der Waals surface area contributed by atoms with E-state index in [0.29, 0.717) is 12.5 Å². The molecule has 1 aliphatic heterocycles. The Bertz CT molecular complexity index is 421. The molecule has 1 heterocycles. The van der Waals surface area contributed by atoms with E-state index in [4.69, 9.17) is 0 Å². The maximum Gasteiger partial charge on any atom is 0.227 e. The van der Waals surface area contributed by atoms with Crippen LogP contribution < -0.4 is 5.32 Å². The standard InChI is InChI=1S/C17H26N2O/c1-3-11-19(16-9-10-18-13-16)17(20)12-15-7-5-14(4-2)6-8-15/h5-8,16,18H,3-4,9-13H2,1-2H3. The number of hydrogen-bond donors (Lipinski definition) is 1. The van der Waals surface area contributed by atoms with E-state index in [0.717, 1.165) is 44.5 Å². The SMILES string of the molecule is CCCN(C(=O)Cc1ccc(CC)cc1)C1CCNC1. The number of benzene rings is 1. The first-order chi connectivity index (χ1) is 9.74. The summed E-state index contributed by atoms with van der Waals surface area (Å²) in [6.07, 6.45) is 3.68. The topological polar surface area (TPSA) is 32.3 Å². The molecule has 1 saturated heterocycles. The molecule has 1 aromatic carbocycles. The summed E-state index contributed by atoms with van der Waals surface area (Å²) in [5, 5.41) is 3.35. The zero-order chi connectivity index (χ0) is 14.4. The number of nitrogens with zero attached hydrogens (tertiary/aromatic N) is 1. The van der Waals surface area contributed by atoms with Crippen LogP contribution in [0.3, 0.4) is 0 Å². The molecule has 0 bridgehead atoms. The van der Waals surface area contributed by atoms with Gasteiger partial charge in [-0.2, -0.15) is 0 Å². The van der Waals surface area contributed by atoms with Gasteiger partial charge < -0.3 is 10.2 Å². The second kappa shape index (κ2) is 7.44. The summed E-state index contributed by atoms with van der Waals surface area (Å²) in [5.74, 6) is 0.268. The molecule has 1 unspecified atom stereocenters. The molecular formula is C17H26N2O. The molecule has 0 saturated carbocycles. The average molecular weight is 274 g/mol. The molecule has 0 spiro atoms. The van der Waals surface area contributed by atoms with E-state index in [1.807, 2.05) is 0 Å². The molecule has 0 aliphatic carbocycles. The van der Waals surface area contributed by atoms with Gasteiger partial charge in [-0.1, -0.05) is 38.1 Å². The van der Waals surface area contributed by atoms with E-state index in [1.165, 1.54) is 5.56 Å². The summed E-state index contributed by atoms with van der Waals surface area (Å²) >= 11 is 0. The van der Waals surface area contributed by atoms with Crippen LogP contribution in [0.5, 0.6) is 0 Å². The van der Waals surface area contributed by atoms with Gasteiger partial charge in [-0.3, -0.25) is 4.79 Å². The van der Waals surface area contributed by atoms with Crippen molar-refractivity contribution in [1.29, 1.82) is 0 Å². The number of aryl methyl sites for hydroxylation is 1. The lowest BCUT2D eigenvalue weighted by atomic mass is 10.1. The highest BCUT2D eigenvalue weighted by Gasteiger charge is 2.25. The highest BCUT2D eigenvalue weighted by Crippen LogP contribution is 2.13. The van der Waals surface area contributed by atoms with Gasteiger partial charge in [0.2, 0.25) is 5.91 Å². The van der Waals surface area contributed by atoms with E-state index in [2.05, 4.69) is 48.3 Å². The fourth-order valence-electron chi connectivity index (χ4n) is 2.83. The Morgan fingerprint density at radius 3 is 2.50 bits per heavy atom. The fourth-order valence-corrected chi connectivity index (χ4v) is 2.83. The first-order valence-electron chi connectivity index (χ1n) is 7.82. The predicted molar refractivity (Wildman–Crippen MR) is 82.8 cm³/mol. The van der Waals surface area contributed by atoms with Gasteiger partial charge in [0.15, 0.2) is 0 Å². The van der Waals surface area contributed by atoms with Gasteiger partial charge in [0.25, 0.3) is 0 Å². The van der Waals surface area contributed by atoms with Crippen LogP contribution in [0, 0.1) is 0 Å². The molecular weight excluding hydrogens is 248 g/mol. The number of hydrogen-bond acceptors (Lipinski definition) is 2. The van der Waals surface area contributed by atoms with Crippen molar-refractivity contribution in [3.63, 3.8) is 0 Å². The van der Waals surface area contributed by atoms with Crippen LogP contribution in [-0.2, 0) is 17.6 Å². The number of rotatable bonds is 6. The molecule has 1 N–H and O–H groups in total. The normalized spacial score (nSPS) is 18.2. The summed E-state index contributed by atoms with van der Waals surface area (Å²) < 4.78 is 0. The van der Waals surface area contributed by atoms with Crippen molar-refractivity contribution in [2.24, 2.45) is 0 Å². The molecule has 0 aromatic heterocycles. The monoisotopic (exact) mass is 274 g/mol. The number of carbonyl (C=O) groups is 1. The molecule has 3 heteroatoms. The second-order valence-electron chi connectivity index (χ2n) is 5.58. The van der Waals surface area contributed by atoms with Crippen molar-refractivity contribution in [1.82, 2.24) is 10.2 Å². The summed E-state index contributed by atoms with van der Waals surface area (Å²) in [6.45, 7) is 7.14. The molecule has 20 heavy (non-hydrogen) atoms. The Kier molecular flexibility index (Phi) is 5.60. The van der Waals surface area contributed by atoms with Gasteiger partial charge >= 0.3 is 0 Å². The smallest absolute Gasteiger partial charge is 0.227 e. The first kappa shape index (κ1) is 15.0. The third-order valence-corrected chi connectivity index (χ3v) is 4.05. The van der Waals surface area contributed by atoms with Crippen LogP contribution in [0.15, 0.2) is 24.3 Å². The zero-order valence-corrected chi connectivity index (χ0v) is 12.7. The van der Waals surface area contributed by atoms with E-state index in [-0.39, 0.29) is 5.91 Å². The molecule has 110 valence electrons. The number of amides is 1. The first-order valence-corrected chi connectivity index (χ1v) is 7.82. The highest BCUT2D eigenvalue weighted by atomic mass is 16.2. The average Bonchev–Trinajstić information content (AvgIpc) is 2.99. The van der Waals surface area contributed by atoms with E-state index < -0.39 is 0 Å². The van der Waals surface area contributed by atoms with Gasteiger partial charge in [-0.15, -0.1) is 0 Å². The van der Waals surface area contributed by atoms with Crippen LogP contribution in [0.4, 0.5) is 0 Å². The molecule has 1 fully saturated rings. The predicted octanol–water partition coefficient (Wildman–Crippen LogP) is 2.39. The van der Waals surface area contributed by atoms with Crippen LogP contribution in [0.25, 0.3) is 0 Å². The molecule has 1 atom stereocenters. The summed E-state index contributed by atoms with van der Waals surface area (Å²) in [6, 6.07) is 8.83. The lowest BCUT2D eigenvalue weighted by molar-refractivity contribution is -0.132. The third kappa shape index (κ3) is 3.83. The Labute approximate surface area is 122 Å². The van der Waals surface area contributed by atoms with Crippen LogP contribution in [0.1, 0.15) is 37.8 Å². The summed E-state index contributed by atoms with van der Waals surface area (Å²) in [5.41, 5.74) is 2.45. The molecule has 1 amide bonds. The maximum absolute atomic E-state index is 12.5. The van der Waals surface area contributed by atoms with Crippen LogP contribution in [-0.4, -0.2) is 36.5 Å². The maximum atomic E-state index is 12.5. The quantitative estimate of drug-likeness (QED) is 0.864. The minimum absolute atomic E-state index is 0.268. The summed E-state index contributed by atoms with van der Waals surface area (Å²) in [4.78, 5) is 14.6. The van der Waals surface area contributed by atoms with E-state index in [9.17, 15) is 4.79 Å². The highest BCUT2D eigenvalue weighted by molar-refractivity contribution is 5.79. The molecule has 3 nitrogen and oxygen atoms in total. The van der Waals surface area contributed by atoms with Crippen molar-refractivity contribution in [3.8, 4) is 0 Å².